The van der Waals surface area contributed by atoms with E-state index >= 15 is 4.57 Å². The van der Waals surface area contributed by atoms with E-state index in [1.165, 1.54) is 86.9 Å². The van der Waals surface area contributed by atoms with Gasteiger partial charge in [-0.25, -0.2) is 0 Å². The molecule has 0 aliphatic rings. The average Bonchev–Trinajstić information content (AvgIpc) is 3.44. The summed E-state index contributed by atoms with van der Waals surface area (Å²) in [5, 5.41) is 18.0. The second kappa shape index (κ2) is 17.7. The highest BCUT2D eigenvalue weighted by Gasteiger charge is 2.31. The summed E-state index contributed by atoms with van der Waals surface area (Å²) in [5.74, 6) is 0. The van der Waals surface area contributed by atoms with Gasteiger partial charge in [0.05, 0.1) is 0 Å². The Morgan fingerprint density at radius 3 is 1.04 bits per heavy atom. The highest BCUT2D eigenvalue weighted by atomic mass is 79.9. The summed E-state index contributed by atoms with van der Waals surface area (Å²) in [4.78, 5) is 0. The van der Waals surface area contributed by atoms with Gasteiger partial charge in [0.2, 0.25) is 0 Å². The molecule has 0 saturated carbocycles. The van der Waals surface area contributed by atoms with Crippen molar-refractivity contribution in [3.8, 4) is 44.5 Å². The zero-order valence-corrected chi connectivity index (χ0v) is 41.1. The molecule has 14 aromatic rings. The quantitative estimate of drug-likeness (QED) is 0.115. The van der Waals surface area contributed by atoms with Crippen LogP contribution in [0.2, 0.25) is 0 Å². The Kier molecular flexibility index (Phi) is 10.7. The zero-order valence-electron chi connectivity index (χ0n) is 38.6. The van der Waals surface area contributed by atoms with Crippen molar-refractivity contribution in [1.29, 1.82) is 0 Å². The predicted molar refractivity (Wildman–Crippen MR) is 309 cm³/mol. The van der Waals surface area contributed by atoms with Gasteiger partial charge in [-0.15, -0.1) is 0 Å². The van der Waals surface area contributed by atoms with Gasteiger partial charge in [-0.05, 0) is 146 Å². The Labute approximate surface area is 421 Å². The van der Waals surface area contributed by atoms with Crippen LogP contribution >= 0.6 is 23.1 Å². The van der Waals surface area contributed by atoms with E-state index in [4.69, 9.17) is 0 Å². The van der Waals surface area contributed by atoms with E-state index in [0.29, 0.717) is 0 Å². The molecule has 0 aliphatic carbocycles. The second-order valence-corrected chi connectivity index (χ2v) is 22.1. The number of halogens is 1. The topological polar surface area (TPSA) is 17.1 Å². The van der Waals surface area contributed by atoms with Crippen LogP contribution in [0.3, 0.4) is 0 Å². The first-order valence-corrected chi connectivity index (χ1v) is 26.6. The van der Waals surface area contributed by atoms with Gasteiger partial charge in [0, 0.05) is 20.4 Å². The van der Waals surface area contributed by atoms with Crippen LogP contribution in [-0.2, 0) is 4.57 Å². The molecular weight excluding hydrogens is 944 g/mol. The van der Waals surface area contributed by atoms with Gasteiger partial charge in [0.25, 0.3) is 0 Å². The molecule has 14 rings (SSSR count). The van der Waals surface area contributed by atoms with Gasteiger partial charge in [-0.3, -0.25) is 0 Å². The van der Waals surface area contributed by atoms with E-state index < -0.39 is 7.14 Å². The zero-order chi connectivity index (χ0) is 47.5. The minimum atomic E-state index is -3.19. The van der Waals surface area contributed by atoms with E-state index in [0.717, 1.165) is 42.6 Å². The molecule has 3 heteroatoms. The van der Waals surface area contributed by atoms with Gasteiger partial charge in [0.1, 0.15) is 0 Å². The van der Waals surface area contributed by atoms with Crippen LogP contribution in [0.5, 0.6) is 0 Å². The largest absolute Gasteiger partial charge is 0.309 e. The van der Waals surface area contributed by atoms with Crippen LogP contribution < -0.4 is 15.9 Å². The van der Waals surface area contributed by atoms with Gasteiger partial charge in [-0.2, -0.15) is 0 Å². The number of benzene rings is 14. The molecule has 334 valence electrons. The Hall–Kier alpha value is -8.13. The van der Waals surface area contributed by atoms with E-state index in [1.54, 1.807) is 0 Å². The summed E-state index contributed by atoms with van der Waals surface area (Å²) in [7, 11) is -3.19. The first-order chi connectivity index (χ1) is 35.0. The minimum absolute atomic E-state index is 0.835. The van der Waals surface area contributed by atoms with Crippen molar-refractivity contribution in [2.45, 2.75) is 0 Å². The molecule has 0 heterocycles. The molecule has 0 N–H and O–H groups in total. The Balaban J connectivity index is 0.000000148. The molecule has 0 aromatic heterocycles. The molecule has 0 bridgehead atoms. The smallest absolute Gasteiger partial charge is 0.171 e. The molecule has 0 radical (unpaired) electrons. The Bertz CT molecular complexity index is 4230. The summed E-state index contributed by atoms with van der Waals surface area (Å²) >= 11 is 3.74. The fourth-order valence-corrected chi connectivity index (χ4v) is 14.2. The molecule has 0 saturated heterocycles. The summed E-state index contributed by atoms with van der Waals surface area (Å²) in [6.45, 7) is 0. The Morgan fingerprint density at radius 2 is 0.592 bits per heavy atom. The normalized spacial score (nSPS) is 11.8. The molecular formula is C68H44BrOP. The lowest BCUT2D eigenvalue weighted by molar-refractivity contribution is 0.592. The lowest BCUT2D eigenvalue weighted by Gasteiger charge is -2.22. The molecule has 14 aromatic carbocycles. The van der Waals surface area contributed by atoms with E-state index in [9.17, 15) is 0 Å². The third-order valence-electron chi connectivity index (χ3n) is 14.3. The summed E-state index contributed by atoms with van der Waals surface area (Å²) in [5.41, 5.74) is 9.33. The molecule has 0 aliphatic heterocycles. The van der Waals surface area contributed by atoms with Crippen LogP contribution in [0.25, 0.3) is 109 Å². The van der Waals surface area contributed by atoms with Crippen molar-refractivity contribution in [1.82, 2.24) is 0 Å². The standard InChI is InChI=1S/C40H27OP.C28H17Br/c41-42(34-15-6-2-7-16-34,35-17-8-3-9-18-35)36-26-32(28-11-4-1-5-12-28)25-33(27-36)37-23-21-31-20-19-29-13-10-14-30-22-24-38(37)40(31)39(29)30;29-24-16-22(18-5-2-1-3-6-18)15-23(17-24)25-13-11-21-10-9-19-7-4-8-20-12-14-26(25)28(21)27(19)20/h1-27H;1-17H. The lowest BCUT2D eigenvalue weighted by atomic mass is 9.89. The number of hydrogen-bond donors (Lipinski definition) is 0. The SMILES string of the molecule is Brc1cc(-c2ccccc2)cc(-c2ccc3ccc4cccc5ccc2c3c45)c1.O=P(c1ccccc1)(c1ccccc1)c1cc(-c2ccccc2)cc(-c2ccc3ccc4cccc5ccc2c3c45)c1. The molecule has 71 heavy (non-hydrogen) atoms. The maximum Gasteiger partial charge on any atom is 0.171 e. The van der Waals surface area contributed by atoms with Crippen molar-refractivity contribution >= 4 is 104 Å². The van der Waals surface area contributed by atoms with Gasteiger partial charge >= 0.3 is 0 Å². The van der Waals surface area contributed by atoms with Crippen LogP contribution in [0.15, 0.2) is 271 Å². The number of hydrogen-bond acceptors (Lipinski definition) is 1. The van der Waals surface area contributed by atoms with Crippen LogP contribution in [0.4, 0.5) is 0 Å². The van der Waals surface area contributed by atoms with Crippen molar-refractivity contribution in [3.63, 3.8) is 0 Å². The fourth-order valence-electron chi connectivity index (χ4n) is 11.0. The van der Waals surface area contributed by atoms with Crippen molar-refractivity contribution in [2.24, 2.45) is 0 Å². The summed E-state index contributed by atoms with van der Waals surface area (Å²) in [6.07, 6.45) is 0. The van der Waals surface area contributed by atoms with Crippen LogP contribution in [0, 0.1) is 0 Å². The summed E-state index contributed by atoms with van der Waals surface area (Å²) in [6, 6.07) is 94.1. The van der Waals surface area contributed by atoms with Crippen molar-refractivity contribution in [2.75, 3.05) is 0 Å². The maximum absolute atomic E-state index is 15.5. The van der Waals surface area contributed by atoms with Gasteiger partial charge in [-0.1, -0.05) is 246 Å². The number of rotatable bonds is 7. The third-order valence-corrected chi connectivity index (χ3v) is 17.8. The van der Waals surface area contributed by atoms with E-state index in [-0.39, 0.29) is 0 Å². The van der Waals surface area contributed by atoms with Crippen molar-refractivity contribution in [3.05, 3.63) is 271 Å². The molecule has 0 spiro atoms. The second-order valence-electron chi connectivity index (χ2n) is 18.4. The van der Waals surface area contributed by atoms with Crippen LogP contribution in [0.1, 0.15) is 0 Å². The molecule has 0 fully saturated rings. The lowest BCUT2D eigenvalue weighted by Crippen LogP contribution is -2.25. The molecule has 0 unspecified atom stereocenters. The van der Waals surface area contributed by atoms with E-state index in [1.807, 2.05) is 66.7 Å². The Morgan fingerprint density at radius 1 is 0.254 bits per heavy atom. The average molecular weight is 988 g/mol. The molecule has 0 atom stereocenters. The third kappa shape index (κ3) is 7.51. The fraction of sp³-hybridized carbons (Fsp3) is 0. The minimum Gasteiger partial charge on any atom is -0.309 e. The molecule has 1 nitrogen and oxygen atoms in total. The molecule has 0 amide bonds. The maximum atomic E-state index is 15.5. The summed E-state index contributed by atoms with van der Waals surface area (Å²) < 4.78 is 16.6. The highest BCUT2D eigenvalue weighted by Crippen LogP contribution is 2.46. The monoisotopic (exact) mass is 986 g/mol. The first-order valence-electron chi connectivity index (χ1n) is 24.1. The predicted octanol–water partition coefficient (Wildman–Crippen LogP) is 18.2. The van der Waals surface area contributed by atoms with Gasteiger partial charge < -0.3 is 4.57 Å². The van der Waals surface area contributed by atoms with Crippen molar-refractivity contribution < 1.29 is 4.57 Å². The van der Waals surface area contributed by atoms with E-state index in [2.05, 4.69) is 216 Å². The first kappa shape index (κ1) is 42.9. The van der Waals surface area contributed by atoms with Crippen LogP contribution in [-0.4, -0.2) is 0 Å². The highest BCUT2D eigenvalue weighted by molar-refractivity contribution is 9.10. The van der Waals surface area contributed by atoms with Gasteiger partial charge in [0.15, 0.2) is 7.14 Å².